The van der Waals surface area contributed by atoms with Gasteiger partial charge in [0.25, 0.3) is 5.69 Å². The third kappa shape index (κ3) is 1.77. The van der Waals surface area contributed by atoms with Gasteiger partial charge in [0, 0.05) is 23.1 Å². The highest BCUT2D eigenvalue weighted by Gasteiger charge is 2.16. The molecule has 0 bridgehead atoms. The van der Waals surface area contributed by atoms with E-state index in [-0.39, 0.29) is 5.69 Å². The molecule has 102 valence electrons. The van der Waals surface area contributed by atoms with E-state index in [0.717, 1.165) is 21.8 Å². The smallest absolute Gasteiger partial charge is 0.270 e. The van der Waals surface area contributed by atoms with Gasteiger partial charge in [-0.2, -0.15) is 0 Å². The number of aromatic nitrogens is 4. The van der Waals surface area contributed by atoms with E-state index in [0.29, 0.717) is 5.82 Å². The number of non-ortho nitro benzene ring substituents is 1. The number of rotatable bonds is 2. The van der Waals surface area contributed by atoms with Crippen molar-refractivity contribution in [3.8, 4) is 22.8 Å². The van der Waals surface area contributed by atoms with Gasteiger partial charge >= 0.3 is 0 Å². The van der Waals surface area contributed by atoms with E-state index >= 15 is 0 Å². The molecule has 0 saturated heterocycles. The first-order chi connectivity index (χ1) is 10.2. The van der Waals surface area contributed by atoms with Gasteiger partial charge in [-0.15, -0.1) is 11.3 Å². The van der Waals surface area contributed by atoms with Crippen LogP contribution in [-0.2, 0) is 0 Å². The predicted molar refractivity (Wildman–Crippen MR) is 77.4 cm³/mol. The zero-order chi connectivity index (χ0) is 14.4. The average molecular weight is 297 g/mol. The minimum Gasteiger partial charge on any atom is -0.289 e. The standard InChI is InChI=1S/C13H7N5O2S/c19-18(20)9-3-1-2-8(4-9)10-5-21-13-11-12(15-6-14-11)16-7-17(10)13/h1-7H. The van der Waals surface area contributed by atoms with Crippen molar-refractivity contribution in [3.63, 3.8) is 0 Å². The van der Waals surface area contributed by atoms with Crippen molar-refractivity contribution in [3.05, 3.63) is 52.4 Å². The zero-order valence-electron chi connectivity index (χ0n) is 10.5. The van der Waals surface area contributed by atoms with E-state index in [9.17, 15) is 10.1 Å². The number of nitro benzene ring substituents is 1. The third-order valence-electron chi connectivity index (χ3n) is 3.19. The van der Waals surface area contributed by atoms with Crippen molar-refractivity contribution in [1.29, 1.82) is 0 Å². The Balaban J connectivity index is 1.97. The molecule has 7 nitrogen and oxygen atoms in total. The Hall–Kier alpha value is -2.87. The topological polar surface area (TPSA) is 86.2 Å². The maximum atomic E-state index is 10.9. The molecule has 0 amide bonds. The maximum Gasteiger partial charge on any atom is 0.270 e. The molecule has 0 atom stereocenters. The summed E-state index contributed by atoms with van der Waals surface area (Å²) in [6.45, 7) is 0. The summed E-state index contributed by atoms with van der Waals surface area (Å²) in [5, 5.41) is 12.8. The number of nitro groups is 1. The molecule has 1 aromatic heterocycles. The lowest BCUT2D eigenvalue weighted by atomic mass is 10.1. The monoisotopic (exact) mass is 297 g/mol. The summed E-state index contributed by atoms with van der Waals surface area (Å²) in [5.41, 5.74) is 2.41. The van der Waals surface area contributed by atoms with Gasteiger partial charge in [0.15, 0.2) is 5.82 Å². The fraction of sp³-hybridized carbons (Fsp3) is 0. The fourth-order valence-electron chi connectivity index (χ4n) is 2.22. The number of hydrogen-bond acceptors (Lipinski definition) is 6. The Bertz CT molecular complexity index is 945. The average Bonchev–Trinajstić information content (AvgIpc) is 3.13. The van der Waals surface area contributed by atoms with Crippen molar-refractivity contribution >= 4 is 21.9 Å². The molecule has 21 heavy (non-hydrogen) atoms. The number of nitrogens with zero attached hydrogens (tertiary/aromatic N) is 5. The van der Waals surface area contributed by atoms with Crippen molar-refractivity contribution in [2.45, 2.75) is 0 Å². The molecular formula is C13H7N5O2S. The second kappa shape index (κ2) is 4.32. The Kier molecular flexibility index (Phi) is 2.45. The van der Waals surface area contributed by atoms with E-state index in [4.69, 9.17) is 0 Å². The van der Waals surface area contributed by atoms with E-state index in [1.165, 1.54) is 23.7 Å². The van der Waals surface area contributed by atoms with Gasteiger partial charge in [0.2, 0.25) is 0 Å². The fourth-order valence-corrected chi connectivity index (χ4v) is 3.21. The SMILES string of the molecule is O=[N+]([O-])c1cccc(-c2csc3c4ncnc-4ncn23)c1. The quantitative estimate of drug-likeness (QED) is 0.419. The molecule has 8 heteroatoms. The molecule has 2 aliphatic rings. The Labute approximate surface area is 122 Å². The summed E-state index contributed by atoms with van der Waals surface area (Å²) in [6.07, 6.45) is 3.14. The maximum absolute atomic E-state index is 10.9. The summed E-state index contributed by atoms with van der Waals surface area (Å²) >= 11 is 1.51. The second-order valence-electron chi connectivity index (χ2n) is 4.39. The van der Waals surface area contributed by atoms with Crippen LogP contribution in [0.1, 0.15) is 0 Å². The van der Waals surface area contributed by atoms with Crippen LogP contribution in [0.5, 0.6) is 0 Å². The summed E-state index contributed by atoms with van der Waals surface area (Å²) in [6, 6.07) is 6.53. The van der Waals surface area contributed by atoms with Gasteiger partial charge in [-0.3, -0.25) is 14.5 Å². The summed E-state index contributed by atoms with van der Waals surface area (Å²) < 4.78 is 1.88. The van der Waals surface area contributed by atoms with E-state index < -0.39 is 4.92 Å². The molecule has 0 spiro atoms. The first-order valence-electron chi connectivity index (χ1n) is 6.04. The Morgan fingerprint density at radius 2 is 2.14 bits per heavy atom. The minimum atomic E-state index is -0.401. The summed E-state index contributed by atoms with van der Waals surface area (Å²) in [5.74, 6) is 0.599. The van der Waals surface area contributed by atoms with Crippen LogP contribution in [0.15, 0.2) is 42.3 Å². The van der Waals surface area contributed by atoms with Gasteiger partial charge in [-0.1, -0.05) is 12.1 Å². The zero-order valence-corrected chi connectivity index (χ0v) is 11.3. The number of thiazole rings is 1. The molecule has 1 aromatic carbocycles. The van der Waals surface area contributed by atoms with Crippen LogP contribution < -0.4 is 0 Å². The molecular weight excluding hydrogens is 290 g/mol. The van der Waals surface area contributed by atoms with Crippen LogP contribution in [0.2, 0.25) is 0 Å². The van der Waals surface area contributed by atoms with Gasteiger partial charge in [0.1, 0.15) is 23.2 Å². The molecule has 4 rings (SSSR count). The molecule has 3 heterocycles. The number of imidazole rings is 1. The van der Waals surface area contributed by atoms with Crippen LogP contribution >= 0.6 is 11.3 Å². The number of hydrogen-bond donors (Lipinski definition) is 0. The highest BCUT2D eigenvalue weighted by molar-refractivity contribution is 7.16. The third-order valence-corrected chi connectivity index (χ3v) is 4.14. The largest absolute Gasteiger partial charge is 0.289 e. The summed E-state index contributed by atoms with van der Waals surface area (Å²) in [7, 11) is 0. The lowest BCUT2D eigenvalue weighted by Crippen LogP contribution is -1.95. The Morgan fingerprint density at radius 1 is 1.24 bits per heavy atom. The van der Waals surface area contributed by atoms with Crippen molar-refractivity contribution in [1.82, 2.24) is 19.4 Å². The lowest BCUT2D eigenvalue weighted by molar-refractivity contribution is -0.384. The molecule has 0 fully saturated rings. The van der Waals surface area contributed by atoms with Gasteiger partial charge in [0.05, 0.1) is 10.6 Å². The van der Waals surface area contributed by atoms with Crippen LogP contribution in [-0.4, -0.2) is 24.3 Å². The first-order valence-corrected chi connectivity index (χ1v) is 6.92. The van der Waals surface area contributed by atoms with Crippen LogP contribution in [0.4, 0.5) is 5.69 Å². The minimum absolute atomic E-state index is 0.0644. The molecule has 2 aliphatic heterocycles. The highest BCUT2D eigenvalue weighted by atomic mass is 32.1. The van der Waals surface area contributed by atoms with Gasteiger partial charge in [-0.25, -0.2) is 15.0 Å². The van der Waals surface area contributed by atoms with Crippen LogP contribution in [0.25, 0.3) is 27.6 Å². The molecule has 0 aliphatic carbocycles. The molecule has 2 aromatic rings. The van der Waals surface area contributed by atoms with E-state index in [1.807, 2.05) is 15.8 Å². The molecule has 0 radical (unpaired) electrons. The molecule has 0 unspecified atom stereocenters. The number of benzene rings is 1. The Morgan fingerprint density at radius 3 is 3.00 bits per heavy atom. The lowest BCUT2D eigenvalue weighted by Gasteiger charge is -2.03. The predicted octanol–water partition coefficient (Wildman–Crippen LogP) is 2.87. The van der Waals surface area contributed by atoms with Gasteiger partial charge in [-0.05, 0) is 0 Å². The van der Waals surface area contributed by atoms with E-state index in [2.05, 4.69) is 15.0 Å². The van der Waals surface area contributed by atoms with Gasteiger partial charge < -0.3 is 0 Å². The van der Waals surface area contributed by atoms with Crippen molar-refractivity contribution in [2.75, 3.05) is 0 Å². The highest BCUT2D eigenvalue weighted by Crippen LogP contribution is 2.32. The summed E-state index contributed by atoms with van der Waals surface area (Å²) in [4.78, 5) is 23.9. The van der Waals surface area contributed by atoms with Crippen molar-refractivity contribution < 1.29 is 4.92 Å². The number of fused-ring (bicyclic) bond motifs is 3. The second-order valence-corrected chi connectivity index (χ2v) is 5.25. The van der Waals surface area contributed by atoms with E-state index in [1.54, 1.807) is 18.5 Å². The molecule has 0 saturated carbocycles. The normalized spacial score (nSPS) is 11.2. The molecule has 0 N–H and O–H groups in total. The van der Waals surface area contributed by atoms with Crippen molar-refractivity contribution in [2.24, 2.45) is 0 Å². The van der Waals surface area contributed by atoms with Crippen LogP contribution in [0.3, 0.4) is 0 Å². The van der Waals surface area contributed by atoms with Crippen LogP contribution in [0, 0.1) is 10.1 Å². The first kappa shape index (κ1) is 11.9.